The van der Waals surface area contributed by atoms with E-state index in [0.29, 0.717) is 28.5 Å². The summed E-state index contributed by atoms with van der Waals surface area (Å²) in [7, 11) is 1.59. The van der Waals surface area contributed by atoms with Crippen LogP contribution in [0.3, 0.4) is 0 Å². The molecule has 27 heavy (non-hydrogen) atoms. The summed E-state index contributed by atoms with van der Waals surface area (Å²) in [5.41, 5.74) is 1.67. The van der Waals surface area contributed by atoms with Crippen molar-refractivity contribution in [2.24, 2.45) is 4.99 Å². The number of nitrogens with zero attached hydrogens (tertiary/aromatic N) is 2. The maximum atomic E-state index is 13.3. The van der Waals surface area contributed by atoms with E-state index < -0.39 is 0 Å². The van der Waals surface area contributed by atoms with E-state index in [-0.39, 0.29) is 11.7 Å². The summed E-state index contributed by atoms with van der Waals surface area (Å²) in [6, 6.07) is 16.9. The van der Waals surface area contributed by atoms with Crippen molar-refractivity contribution in [3.63, 3.8) is 0 Å². The zero-order chi connectivity index (χ0) is 18.8. The molecule has 6 heteroatoms. The number of carbonyl (C=O) groups is 1. The van der Waals surface area contributed by atoms with E-state index in [1.807, 2.05) is 17.5 Å². The predicted molar refractivity (Wildman–Crippen MR) is 106 cm³/mol. The highest BCUT2D eigenvalue weighted by Crippen LogP contribution is 2.29. The van der Waals surface area contributed by atoms with Crippen molar-refractivity contribution in [1.29, 1.82) is 0 Å². The highest BCUT2D eigenvalue weighted by molar-refractivity contribution is 7.10. The average molecular weight is 378 g/mol. The number of halogens is 1. The number of thiophene rings is 1. The molecule has 2 heterocycles. The van der Waals surface area contributed by atoms with Crippen molar-refractivity contribution in [3.05, 3.63) is 88.0 Å². The number of aliphatic imine (C=N–C) groups is 1. The number of ether oxygens (including phenoxy) is 1. The summed E-state index contributed by atoms with van der Waals surface area (Å²) >= 11 is 1.53. The van der Waals surface area contributed by atoms with Gasteiger partial charge in [0.25, 0.3) is 5.91 Å². The maximum absolute atomic E-state index is 13.3. The summed E-state index contributed by atoms with van der Waals surface area (Å²) in [6.45, 7) is 0. The summed E-state index contributed by atoms with van der Waals surface area (Å²) < 4.78 is 18.5. The van der Waals surface area contributed by atoms with Crippen molar-refractivity contribution < 1.29 is 13.9 Å². The zero-order valence-electron chi connectivity index (χ0n) is 14.4. The van der Waals surface area contributed by atoms with E-state index in [9.17, 15) is 9.18 Å². The van der Waals surface area contributed by atoms with Gasteiger partial charge in [0.2, 0.25) is 0 Å². The van der Waals surface area contributed by atoms with Crippen molar-refractivity contribution >= 4 is 34.8 Å². The first-order chi connectivity index (χ1) is 13.2. The Morgan fingerprint density at radius 2 is 1.81 bits per heavy atom. The first-order valence-corrected chi connectivity index (χ1v) is 9.12. The van der Waals surface area contributed by atoms with Crippen LogP contribution in [0.5, 0.6) is 5.75 Å². The Labute approximate surface area is 159 Å². The number of benzene rings is 2. The van der Waals surface area contributed by atoms with Gasteiger partial charge in [0.05, 0.1) is 12.8 Å². The third-order valence-corrected chi connectivity index (χ3v) is 4.93. The van der Waals surface area contributed by atoms with Gasteiger partial charge in [-0.1, -0.05) is 6.07 Å². The largest absolute Gasteiger partial charge is 0.497 e. The second-order valence-electron chi connectivity index (χ2n) is 5.83. The number of amidine groups is 1. The van der Waals surface area contributed by atoms with Crippen LogP contribution < -0.4 is 9.64 Å². The molecule has 0 N–H and O–H groups in total. The standard InChI is InChI=1S/C21H15FN2O2S/c1-26-17-10-8-16(9-11-17)24-20(14-4-6-15(22)7-5-14)23-19(21(24)25)13-18-3-2-12-27-18/h2-13H,1H3/b19-13+. The van der Waals surface area contributed by atoms with Crippen LogP contribution in [-0.4, -0.2) is 18.9 Å². The van der Waals surface area contributed by atoms with Gasteiger partial charge in [-0.2, -0.15) is 0 Å². The van der Waals surface area contributed by atoms with Crippen LogP contribution in [0.25, 0.3) is 6.08 Å². The van der Waals surface area contributed by atoms with Crippen molar-refractivity contribution in [3.8, 4) is 5.75 Å². The lowest BCUT2D eigenvalue weighted by Crippen LogP contribution is -2.32. The van der Waals surface area contributed by atoms with Gasteiger partial charge in [-0.05, 0) is 66.1 Å². The molecular weight excluding hydrogens is 363 g/mol. The SMILES string of the molecule is COc1ccc(N2C(=O)/C(=C\c3cccs3)N=C2c2ccc(F)cc2)cc1. The molecule has 0 bridgehead atoms. The number of amides is 1. The molecule has 4 nitrogen and oxygen atoms in total. The number of hydrogen-bond acceptors (Lipinski definition) is 4. The van der Waals surface area contributed by atoms with Gasteiger partial charge in [0.1, 0.15) is 23.1 Å². The molecule has 0 atom stereocenters. The van der Waals surface area contributed by atoms with E-state index in [1.165, 1.54) is 28.4 Å². The van der Waals surface area contributed by atoms with Crippen molar-refractivity contribution in [2.45, 2.75) is 0 Å². The van der Waals surface area contributed by atoms with Crippen LogP contribution in [0.15, 0.2) is 76.7 Å². The maximum Gasteiger partial charge on any atom is 0.282 e. The predicted octanol–water partition coefficient (Wildman–Crippen LogP) is 4.73. The topological polar surface area (TPSA) is 41.9 Å². The van der Waals surface area contributed by atoms with Gasteiger partial charge in [-0.25, -0.2) is 9.38 Å². The number of carbonyl (C=O) groups excluding carboxylic acids is 1. The van der Waals surface area contributed by atoms with E-state index in [2.05, 4.69) is 4.99 Å². The lowest BCUT2D eigenvalue weighted by molar-refractivity contribution is -0.113. The Kier molecular flexibility index (Phi) is 4.56. The van der Waals surface area contributed by atoms with E-state index in [0.717, 1.165) is 4.88 Å². The molecule has 0 radical (unpaired) electrons. The highest BCUT2D eigenvalue weighted by atomic mass is 32.1. The molecule has 0 saturated carbocycles. The Hall–Kier alpha value is -3.25. The second kappa shape index (κ2) is 7.17. The second-order valence-corrected chi connectivity index (χ2v) is 6.81. The Balaban J connectivity index is 1.80. The molecule has 1 aliphatic heterocycles. The first kappa shape index (κ1) is 17.2. The number of hydrogen-bond donors (Lipinski definition) is 0. The van der Waals surface area contributed by atoms with E-state index >= 15 is 0 Å². The molecular formula is C21H15FN2O2S. The molecule has 0 aliphatic carbocycles. The number of rotatable bonds is 4. The quantitative estimate of drug-likeness (QED) is 0.616. The van der Waals surface area contributed by atoms with Crippen LogP contribution >= 0.6 is 11.3 Å². The summed E-state index contributed by atoms with van der Waals surface area (Å²) in [6.07, 6.45) is 1.76. The number of methoxy groups -OCH3 is 1. The van der Waals surface area contributed by atoms with Gasteiger partial charge < -0.3 is 4.74 Å². The molecule has 0 saturated heterocycles. The molecule has 1 amide bonds. The molecule has 2 aromatic carbocycles. The highest BCUT2D eigenvalue weighted by Gasteiger charge is 2.32. The zero-order valence-corrected chi connectivity index (χ0v) is 15.2. The van der Waals surface area contributed by atoms with Crippen LogP contribution in [0.4, 0.5) is 10.1 Å². The molecule has 3 aromatic rings. The third-order valence-electron chi connectivity index (χ3n) is 4.12. The lowest BCUT2D eigenvalue weighted by atomic mass is 10.1. The van der Waals surface area contributed by atoms with Crippen molar-refractivity contribution in [1.82, 2.24) is 0 Å². The van der Waals surface area contributed by atoms with Crippen LogP contribution in [-0.2, 0) is 4.79 Å². The molecule has 0 fully saturated rings. The molecule has 0 spiro atoms. The Morgan fingerprint density at radius 3 is 2.44 bits per heavy atom. The fourth-order valence-corrected chi connectivity index (χ4v) is 3.44. The molecule has 0 unspecified atom stereocenters. The molecule has 1 aliphatic rings. The summed E-state index contributed by atoms with van der Waals surface area (Å²) in [4.78, 5) is 20.1. The minimum absolute atomic E-state index is 0.229. The Morgan fingerprint density at radius 1 is 1.07 bits per heavy atom. The molecule has 4 rings (SSSR count). The van der Waals surface area contributed by atoms with E-state index in [4.69, 9.17) is 4.74 Å². The van der Waals surface area contributed by atoms with Gasteiger partial charge in [0, 0.05) is 10.4 Å². The molecule has 134 valence electrons. The minimum atomic E-state index is -0.339. The van der Waals surface area contributed by atoms with Gasteiger partial charge in [-0.15, -0.1) is 11.3 Å². The van der Waals surface area contributed by atoms with Gasteiger partial charge in [-0.3, -0.25) is 9.69 Å². The number of anilines is 1. The Bertz CT molecular complexity index is 1020. The summed E-state index contributed by atoms with van der Waals surface area (Å²) in [5.74, 6) is 0.593. The lowest BCUT2D eigenvalue weighted by Gasteiger charge is -2.18. The first-order valence-electron chi connectivity index (χ1n) is 8.24. The van der Waals surface area contributed by atoms with E-state index in [1.54, 1.807) is 49.6 Å². The van der Waals surface area contributed by atoms with Crippen LogP contribution in [0, 0.1) is 5.82 Å². The third kappa shape index (κ3) is 3.39. The monoisotopic (exact) mass is 378 g/mol. The average Bonchev–Trinajstić information content (AvgIpc) is 3.31. The minimum Gasteiger partial charge on any atom is -0.497 e. The van der Waals surface area contributed by atoms with Crippen LogP contribution in [0.2, 0.25) is 0 Å². The fourth-order valence-electron chi connectivity index (χ4n) is 2.79. The fraction of sp³-hybridized carbons (Fsp3) is 0.0476. The summed E-state index contributed by atoms with van der Waals surface area (Å²) in [5, 5.41) is 1.94. The normalized spacial score (nSPS) is 15.3. The molecule has 1 aromatic heterocycles. The van der Waals surface area contributed by atoms with Gasteiger partial charge >= 0.3 is 0 Å². The van der Waals surface area contributed by atoms with Crippen molar-refractivity contribution in [2.75, 3.05) is 12.0 Å². The smallest absolute Gasteiger partial charge is 0.282 e. The van der Waals surface area contributed by atoms with Gasteiger partial charge in [0.15, 0.2) is 0 Å². The van der Waals surface area contributed by atoms with Crippen LogP contribution in [0.1, 0.15) is 10.4 Å².